The Morgan fingerprint density at radius 3 is 2.44 bits per heavy atom. The van der Waals surface area contributed by atoms with Gasteiger partial charge in [-0.15, -0.1) is 0 Å². The van der Waals surface area contributed by atoms with E-state index in [4.69, 9.17) is 21.3 Å². The summed E-state index contributed by atoms with van der Waals surface area (Å²) >= 11 is 10.0. The molecule has 0 unspecified atom stereocenters. The Balaban J connectivity index is 1.43. The first-order valence-electron chi connectivity index (χ1n) is 12.3. The summed E-state index contributed by atoms with van der Waals surface area (Å²) in [5.74, 6) is 1.01. The minimum Gasteiger partial charge on any atom is -0.487 e. The monoisotopic (exact) mass is 593 g/mol. The zero-order valence-electron chi connectivity index (χ0n) is 20.6. The van der Waals surface area contributed by atoms with E-state index < -0.39 is 0 Å². The van der Waals surface area contributed by atoms with Gasteiger partial charge in [0.05, 0.1) is 21.6 Å². The predicted octanol–water partition coefficient (Wildman–Crippen LogP) is 8.09. The van der Waals surface area contributed by atoms with E-state index in [1.807, 2.05) is 72.8 Å². The quantitative estimate of drug-likeness (QED) is 0.183. The summed E-state index contributed by atoms with van der Waals surface area (Å²) in [5.41, 5.74) is 2.79. The maximum Gasteiger partial charge on any atom is 0.282 e. The van der Waals surface area contributed by atoms with Gasteiger partial charge in [-0.25, -0.2) is 4.98 Å². The van der Waals surface area contributed by atoms with Crippen molar-refractivity contribution >= 4 is 55.4 Å². The van der Waals surface area contributed by atoms with Crippen LogP contribution in [0.1, 0.15) is 11.1 Å². The van der Waals surface area contributed by atoms with Crippen molar-refractivity contribution in [1.29, 1.82) is 0 Å². The Hall–Kier alpha value is -4.26. The van der Waals surface area contributed by atoms with Crippen LogP contribution in [0.5, 0.6) is 5.75 Å². The Kier molecular flexibility index (Phi) is 6.97. The van der Waals surface area contributed by atoms with Gasteiger partial charge in [0.15, 0.2) is 5.82 Å². The molecule has 7 heteroatoms. The molecule has 0 aliphatic rings. The molecule has 39 heavy (non-hydrogen) atoms. The maximum atomic E-state index is 13.5. The van der Waals surface area contributed by atoms with Crippen LogP contribution in [0, 0.1) is 0 Å². The van der Waals surface area contributed by atoms with Crippen molar-refractivity contribution < 1.29 is 4.74 Å². The summed E-state index contributed by atoms with van der Waals surface area (Å²) in [5, 5.41) is 7.87. The van der Waals surface area contributed by atoms with E-state index in [0.717, 1.165) is 21.9 Å². The fraction of sp³-hybridized carbons (Fsp3) is 0.0312. The third kappa shape index (κ3) is 5.09. The molecule has 1 heterocycles. The summed E-state index contributed by atoms with van der Waals surface area (Å²) in [4.78, 5) is 18.3. The first-order chi connectivity index (χ1) is 19.1. The van der Waals surface area contributed by atoms with E-state index in [0.29, 0.717) is 44.1 Å². The molecule has 1 aromatic heterocycles. The molecule has 0 N–H and O–H groups in total. The molecule has 5 nitrogen and oxygen atoms in total. The van der Waals surface area contributed by atoms with Crippen molar-refractivity contribution in [2.45, 2.75) is 6.61 Å². The molecule has 6 rings (SSSR count). The van der Waals surface area contributed by atoms with Crippen LogP contribution >= 0.6 is 27.5 Å². The van der Waals surface area contributed by atoms with E-state index in [2.05, 4.69) is 39.2 Å². The molecular weight excluding hydrogens is 574 g/mol. The number of hydrogen-bond donors (Lipinski definition) is 0. The second kappa shape index (κ2) is 10.8. The second-order valence-corrected chi connectivity index (χ2v) is 10.2. The normalized spacial score (nSPS) is 11.4. The number of rotatable bonds is 6. The van der Waals surface area contributed by atoms with E-state index in [-0.39, 0.29) is 5.56 Å². The lowest BCUT2D eigenvalue weighted by atomic mass is 10.1. The predicted molar refractivity (Wildman–Crippen MR) is 162 cm³/mol. The molecular formula is C32H21BrClN3O2. The molecule has 0 bridgehead atoms. The van der Waals surface area contributed by atoms with Crippen molar-refractivity contribution in [3.63, 3.8) is 0 Å². The standard InChI is InChI=1S/C32H21BrClN3O2/c33-28-18-25(34)17-24(30(28)39-20-23-13-8-12-21-9-4-5-14-26(21)23)19-35-37-31(22-10-2-1-3-11-22)36-29-16-7-6-15-27(29)32(37)38/h1-19H,20H2. The van der Waals surface area contributed by atoms with Crippen LogP contribution in [-0.2, 0) is 6.61 Å². The Morgan fingerprint density at radius 1 is 0.872 bits per heavy atom. The summed E-state index contributed by atoms with van der Waals surface area (Å²) in [6.07, 6.45) is 1.58. The molecule has 0 fully saturated rings. The first-order valence-corrected chi connectivity index (χ1v) is 13.5. The smallest absolute Gasteiger partial charge is 0.282 e. The number of hydrogen-bond acceptors (Lipinski definition) is 4. The van der Waals surface area contributed by atoms with Crippen molar-refractivity contribution in [2.75, 3.05) is 0 Å². The third-order valence-corrected chi connectivity index (χ3v) is 7.19. The SMILES string of the molecule is O=c1c2ccccc2nc(-c2ccccc2)n1N=Cc1cc(Cl)cc(Br)c1OCc1cccc2ccccc12. The van der Waals surface area contributed by atoms with E-state index in [1.165, 1.54) is 4.68 Å². The van der Waals surface area contributed by atoms with Gasteiger partial charge in [0.1, 0.15) is 12.4 Å². The highest BCUT2D eigenvalue weighted by molar-refractivity contribution is 9.10. The first kappa shape index (κ1) is 25.0. The van der Waals surface area contributed by atoms with Crippen LogP contribution in [0.4, 0.5) is 0 Å². The molecule has 0 aliphatic heterocycles. The van der Waals surface area contributed by atoms with Crippen LogP contribution in [0.2, 0.25) is 5.02 Å². The Morgan fingerprint density at radius 2 is 1.59 bits per heavy atom. The van der Waals surface area contributed by atoms with Crippen molar-refractivity contribution in [2.24, 2.45) is 5.10 Å². The number of fused-ring (bicyclic) bond motifs is 2. The van der Waals surface area contributed by atoms with Gasteiger partial charge in [0.25, 0.3) is 5.56 Å². The minimum atomic E-state index is -0.268. The molecule has 0 spiro atoms. The van der Waals surface area contributed by atoms with Gasteiger partial charge in [0.2, 0.25) is 0 Å². The molecule has 190 valence electrons. The fourth-order valence-corrected chi connectivity index (χ4v) is 5.47. The van der Waals surface area contributed by atoms with Gasteiger partial charge in [-0.2, -0.15) is 9.78 Å². The van der Waals surface area contributed by atoms with Crippen LogP contribution in [0.3, 0.4) is 0 Å². The van der Waals surface area contributed by atoms with Gasteiger partial charge < -0.3 is 4.74 Å². The highest BCUT2D eigenvalue weighted by Crippen LogP contribution is 2.33. The van der Waals surface area contributed by atoms with E-state index >= 15 is 0 Å². The van der Waals surface area contributed by atoms with Crippen LogP contribution in [-0.4, -0.2) is 15.9 Å². The van der Waals surface area contributed by atoms with Crippen molar-refractivity contribution in [1.82, 2.24) is 9.66 Å². The molecule has 0 saturated heterocycles. The highest BCUT2D eigenvalue weighted by atomic mass is 79.9. The van der Waals surface area contributed by atoms with Gasteiger partial charge in [-0.05, 0) is 56.5 Å². The number of benzene rings is 5. The molecule has 0 atom stereocenters. The lowest BCUT2D eigenvalue weighted by Crippen LogP contribution is -2.20. The number of halogens is 2. The van der Waals surface area contributed by atoms with Crippen LogP contribution < -0.4 is 10.3 Å². The average Bonchev–Trinajstić information content (AvgIpc) is 2.96. The summed E-state index contributed by atoms with van der Waals surface area (Å²) in [6.45, 7) is 0.342. The molecule has 0 radical (unpaired) electrons. The number of aromatic nitrogens is 2. The fourth-order valence-electron chi connectivity index (χ4n) is 4.52. The average molecular weight is 595 g/mol. The zero-order chi connectivity index (χ0) is 26.8. The van der Waals surface area contributed by atoms with E-state index in [9.17, 15) is 4.79 Å². The van der Waals surface area contributed by atoms with Crippen LogP contribution in [0.15, 0.2) is 124 Å². The maximum absolute atomic E-state index is 13.5. The Bertz CT molecular complexity index is 1910. The minimum absolute atomic E-state index is 0.268. The van der Waals surface area contributed by atoms with Gasteiger partial charge in [-0.3, -0.25) is 4.79 Å². The largest absolute Gasteiger partial charge is 0.487 e. The van der Waals surface area contributed by atoms with Crippen LogP contribution in [0.25, 0.3) is 33.1 Å². The van der Waals surface area contributed by atoms with Gasteiger partial charge in [0, 0.05) is 16.1 Å². The lowest BCUT2D eigenvalue weighted by Gasteiger charge is -2.14. The summed E-state index contributed by atoms with van der Waals surface area (Å²) < 4.78 is 8.33. The molecule has 6 aromatic rings. The molecule has 0 saturated carbocycles. The molecule has 0 aliphatic carbocycles. The van der Waals surface area contributed by atoms with Crippen molar-refractivity contribution in [3.05, 3.63) is 140 Å². The van der Waals surface area contributed by atoms with Gasteiger partial charge in [-0.1, -0.05) is 96.5 Å². The number of nitrogens with zero attached hydrogens (tertiary/aromatic N) is 3. The Labute approximate surface area is 238 Å². The van der Waals surface area contributed by atoms with E-state index in [1.54, 1.807) is 24.4 Å². The summed E-state index contributed by atoms with van der Waals surface area (Å²) in [7, 11) is 0. The highest BCUT2D eigenvalue weighted by Gasteiger charge is 2.14. The molecule has 0 amide bonds. The summed E-state index contributed by atoms with van der Waals surface area (Å²) in [6, 6.07) is 34.6. The number of para-hydroxylation sites is 1. The number of ether oxygens (including phenoxy) is 1. The zero-order valence-corrected chi connectivity index (χ0v) is 22.9. The topological polar surface area (TPSA) is 56.5 Å². The lowest BCUT2D eigenvalue weighted by molar-refractivity contribution is 0.305. The molecule has 5 aromatic carbocycles. The second-order valence-electron chi connectivity index (χ2n) is 8.91. The van der Waals surface area contributed by atoms with Crippen molar-refractivity contribution in [3.8, 4) is 17.1 Å². The third-order valence-electron chi connectivity index (χ3n) is 6.39. The van der Waals surface area contributed by atoms with Gasteiger partial charge >= 0.3 is 0 Å².